The first-order valence-electron chi connectivity index (χ1n) is 10.2. The zero-order valence-corrected chi connectivity index (χ0v) is 16.4. The van der Waals surface area contributed by atoms with Crippen molar-refractivity contribution in [3.63, 3.8) is 0 Å². The molecule has 1 aromatic carbocycles. The molecule has 5 rings (SSSR count). The molecule has 0 radical (unpaired) electrons. The second-order valence-electron chi connectivity index (χ2n) is 8.09. The molecule has 0 unspecified atom stereocenters. The molecule has 30 heavy (non-hydrogen) atoms. The minimum absolute atomic E-state index is 0.00911. The van der Waals surface area contributed by atoms with Gasteiger partial charge in [-0.05, 0) is 30.5 Å². The third-order valence-electron chi connectivity index (χ3n) is 6.12. The van der Waals surface area contributed by atoms with Gasteiger partial charge < -0.3 is 14.9 Å². The van der Waals surface area contributed by atoms with Crippen molar-refractivity contribution in [2.24, 2.45) is 5.92 Å². The molecule has 2 aliphatic heterocycles. The first kappa shape index (κ1) is 18.8. The van der Waals surface area contributed by atoms with Crippen LogP contribution in [0.5, 0.6) is 0 Å². The molecule has 1 saturated carbocycles. The van der Waals surface area contributed by atoms with Crippen molar-refractivity contribution >= 4 is 11.8 Å². The molecule has 0 spiro atoms. The molecule has 2 saturated heterocycles. The first-order chi connectivity index (χ1) is 14.7. The summed E-state index contributed by atoms with van der Waals surface area (Å²) in [5.74, 6) is 6.54. The Hall–Kier alpha value is -3.24. The maximum Gasteiger partial charge on any atom is 0.274 e. The number of piperazine rings is 1. The van der Waals surface area contributed by atoms with Crippen LogP contribution in [0.15, 0.2) is 42.9 Å². The zero-order chi connectivity index (χ0) is 20.7. The van der Waals surface area contributed by atoms with Gasteiger partial charge in [0.25, 0.3) is 5.91 Å². The Bertz CT molecular complexity index is 1020. The monoisotopic (exact) mass is 402 g/mol. The predicted molar refractivity (Wildman–Crippen MR) is 108 cm³/mol. The highest BCUT2D eigenvalue weighted by Crippen LogP contribution is 2.43. The van der Waals surface area contributed by atoms with Crippen LogP contribution in [-0.4, -0.2) is 68.5 Å². The Morgan fingerprint density at radius 1 is 1.20 bits per heavy atom. The fourth-order valence-corrected chi connectivity index (χ4v) is 4.43. The minimum atomic E-state index is -0.298. The van der Waals surface area contributed by atoms with E-state index in [2.05, 4.69) is 21.8 Å². The minimum Gasteiger partial charge on any atom is -0.394 e. The lowest BCUT2D eigenvalue weighted by molar-refractivity contribution is -0.159. The van der Waals surface area contributed by atoms with Crippen LogP contribution in [0.1, 0.15) is 40.4 Å². The quantitative estimate of drug-likeness (QED) is 0.776. The number of aliphatic hydroxyl groups is 1. The van der Waals surface area contributed by atoms with Gasteiger partial charge in [-0.25, -0.2) is 4.98 Å². The van der Waals surface area contributed by atoms with Gasteiger partial charge in [0.2, 0.25) is 5.91 Å². The van der Waals surface area contributed by atoms with E-state index < -0.39 is 0 Å². The lowest BCUT2D eigenvalue weighted by Crippen LogP contribution is -2.73. The number of carbonyl (C=O) groups excluding carboxylic acids is 2. The number of rotatable bonds is 3. The Morgan fingerprint density at radius 3 is 2.67 bits per heavy atom. The van der Waals surface area contributed by atoms with Crippen molar-refractivity contribution in [1.29, 1.82) is 0 Å². The van der Waals surface area contributed by atoms with E-state index in [1.165, 1.54) is 36.3 Å². The molecule has 3 fully saturated rings. The number of aromatic nitrogens is 2. The summed E-state index contributed by atoms with van der Waals surface area (Å²) in [6.07, 6.45) is 6.77. The van der Waals surface area contributed by atoms with Crippen LogP contribution in [0, 0.1) is 17.8 Å². The number of benzene rings is 1. The van der Waals surface area contributed by atoms with E-state index in [1.807, 2.05) is 24.3 Å². The molecule has 3 heterocycles. The summed E-state index contributed by atoms with van der Waals surface area (Å²) >= 11 is 0. The second-order valence-corrected chi connectivity index (χ2v) is 8.09. The Balaban J connectivity index is 1.36. The van der Waals surface area contributed by atoms with Crippen molar-refractivity contribution in [3.05, 3.63) is 59.7 Å². The Labute approximate surface area is 174 Å². The van der Waals surface area contributed by atoms with Crippen molar-refractivity contribution in [1.82, 2.24) is 19.8 Å². The summed E-state index contributed by atoms with van der Waals surface area (Å²) in [5.41, 5.74) is 2.25. The molecule has 7 nitrogen and oxygen atoms in total. The molecule has 1 aliphatic carbocycles. The normalized spacial score (nSPS) is 25.1. The average Bonchev–Trinajstić information content (AvgIpc) is 3.59. The lowest BCUT2D eigenvalue weighted by atomic mass is 9.73. The van der Waals surface area contributed by atoms with E-state index in [0.29, 0.717) is 12.5 Å². The number of hydrogen-bond donors (Lipinski definition) is 1. The Kier molecular flexibility index (Phi) is 4.72. The van der Waals surface area contributed by atoms with Gasteiger partial charge in [-0.3, -0.25) is 14.6 Å². The molecule has 2 aromatic rings. The van der Waals surface area contributed by atoms with Gasteiger partial charge in [0.1, 0.15) is 12.2 Å². The highest BCUT2D eigenvalue weighted by molar-refractivity contribution is 5.95. The van der Waals surface area contributed by atoms with Gasteiger partial charge >= 0.3 is 0 Å². The number of carbonyl (C=O) groups is 2. The summed E-state index contributed by atoms with van der Waals surface area (Å²) in [6.45, 7) is 0.296. The molecule has 3 atom stereocenters. The van der Waals surface area contributed by atoms with Gasteiger partial charge in [-0.2, -0.15) is 0 Å². The SMILES string of the molecule is O=C(c1cnccn1)N1CC(=O)N2[C@H](C1)[C@@H](c1ccc(C#CC3CC3)cc1)[C@@H]2CO. The fourth-order valence-electron chi connectivity index (χ4n) is 4.43. The topological polar surface area (TPSA) is 86.6 Å². The summed E-state index contributed by atoms with van der Waals surface area (Å²) < 4.78 is 0. The van der Waals surface area contributed by atoms with E-state index in [4.69, 9.17) is 0 Å². The largest absolute Gasteiger partial charge is 0.394 e. The first-order valence-corrected chi connectivity index (χ1v) is 10.2. The number of hydrogen-bond acceptors (Lipinski definition) is 5. The van der Waals surface area contributed by atoms with Crippen molar-refractivity contribution in [2.45, 2.75) is 30.8 Å². The van der Waals surface area contributed by atoms with Crippen LogP contribution in [0.2, 0.25) is 0 Å². The lowest BCUT2D eigenvalue weighted by Gasteiger charge is -2.58. The molecule has 1 N–H and O–H groups in total. The van der Waals surface area contributed by atoms with Gasteiger partial charge in [0.15, 0.2) is 0 Å². The molecular weight excluding hydrogens is 380 g/mol. The van der Waals surface area contributed by atoms with Gasteiger partial charge in [0.05, 0.1) is 24.9 Å². The third kappa shape index (κ3) is 3.33. The number of nitrogens with zero attached hydrogens (tertiary/aromatic N) is 4. The Morgan fingerprint density at radius 2 is 2.00 bits per heavy atom. The van der Waals surface area contributed by atoms with Crippen molar-refractivity contribution in [3.8, 4) is 11.8 Å². The average molecular weight is 402 g/mol. The standard InChI is InChI=1S/C23H22N4O3/c28-14-20-22(17-7-5-16(6-8-17)4-3-15-1-2-15)19-12-26(13-21(29)27(19)20)23(30)18-11-24-9-10-25-18/h5-11,15,19-20,22,28H,1-2,12-14H2/t19-,20+,22-/m1/s1. The number of aliphatic hydroxyl groups excluding tert-OH is 1. The fraction of sp³-hybridized carbons (Fsp3) is 0.391. The van der Waals surface area contributed by atoms with Crippen molar-refractivity contribution in [2.75, 3.05) is 19.7 Å². The van der Waals surface area contributed by atoms with Crippen LogP contribution in [-0.2, 0) is 4.79 Å². The van der Waals surface area contributed by atoms with E-state index in [1.54, 1.807) is 4.90 Å². The third-order valence-corrected chi connectivity index (χ3v) is 6.12. The highest BCUT2D eigenvalue weighted by Gasteiger charge is 2.54. The number of fused-ring (bicyclic) bond motifs is 1. The smallest absolute Gasteiger partial charge is 0.274 e. The summed E-state index contributed by atoms with van der Waals surface area (Å²) in [5, 5.41) is 9.92. The highest BCUT2D eigenvalue weighted by atomic mass is 16.3. The maximum atomic E-state index is 12.8. The van der Waals surface area contributed by atoms with Gasteiger partial charge in [0, 0.05) is 36.3 Å². The van der Waals surface area contributed by atoms with Crippen molar-refractivity contribution < 1.29 is 14.7 Å². The molecule has 7 heteroatoms. The van der Waals surface area contributed by atoms with E-state index in [0.717, 1.165) is 11.1 Å². The molecule has 0 bridgehead atoms. The predicted octanol–water partition coefficient (Wildman–Crippen LogP) is 1.05. The molecule has 3 aliphatic rings. The van der Waals surface area contributed by atoms with Crippen LogP contribution in [0.4, 0.5) is 0 Å². The van der Waals surface area contributed by atoms with Crippen LogP contribution in [0.25, 0.3) is 0 Å². The van der Waals surface area contributed by atoms with Crippen LogP contribution >= 0.6 is 0 Å². The maximum absolute atomic E-state index is 12.8. The van der Waals surface area contributed by atoms with Crippen LogP contribution in [0.3, 0.4) is 0 Å². The van der Waals surface area contributed by atoms with E-state index >= 15 is 0 Å². The molecule has 1 aromatic heterocycles. The van der Waals surface area contributed by atoms with Gasteiger partial charge in [-0.15, -0.1) is 0 Å². The second kappa shape index (κ2) is 7.54. The van der Waals surface area contributed by atoms with Crippen LogP contribution < -0.4 is 0 Å². The molecule has 2 amide bonds. The summed E-state index contributed by atoms with van der Waals surface area (Å²) in [6, 6.07) is 7.61. The van der Waals surface area contributed by atoms with Gasteiger partial charge in [-0.1, -0.05) is 24.0 Å². The molecule has 152 valence electrons. The zero-order valence-electron chi connectivity index (χ0n) is 16.4. The van der Waals surface area contributed by atoms with E-state index in [9.17, 15) is 14.7 Å². The van der Waals surface area contributed by atoms with E-state index in [-0.39, 0.29) is 48.7 Å². The summed E-state index contributed by atoms with van der Waals surface area (Å²) in [7, 11) is 0. The summed E-state index contributed by atoms with van der Waals surface area (Å²) in [4.78, 5) is 36.8. The molecular formula is C23H22N4O3. The number of amides is 2.